The summed E-state index contributed by atoms with van der Waals surface area (Å²) in [6.45, 7) is 4.44. The number of carbonyl (C=O) groups is 2. The number of hydrogen-bond donors (Lipinski definition) is 1. The maximum atomic E-state index is 13.5. The number of fused-ring (bicyclic) bond motifs is 1. The lowest BCUT2D eigenvalue weighted by molar-refractivity contribution is -0.137. The van der Waals surface area contributed by atoms with Gasteiger partial charge in [-0.1, -0.05) is 74.5 Å². The van der Waals surface area contributed by atoms with E-state index in [0.29, 0.717) is 29.9 Å². The number of carbonyl (C=O) groups excluding carboxylic acids is 1. The molecule has 0 bridgehead atoms. The molecule has 0 saturated heterocycles. The Balaban J connectivity index is 1.55. The molecule has 178 valence electrons. The number of aromatic nitrogens is 1. The second-order valence-corrected chi connectivity index (χ2v) is 9.38. The van der Waals surface area contributed by atoms with Crippen LogP contribution in [0.2, 0.25) is 0 Å². The van der Waals surface area contributed by atoms with Crippen molar-refractivity contribution in [3.8, 4) is 0 Å². The van der Waals surface area contributed by atoms with Crippen LogP contribution in [0, 0.1) is 5.92 Å². The Bertz CT molecular complexity index is 1360. The second-order valence-electron chi connectivity index (χ2n) is 9.38. The summed E-state index contributed by atoms with van der Waals surface area (Å²) in [6.07, 6.45) is 8.34. The van der Waals surface area contributed by atoms with Gasteiger partial charge in [0.2, 0.25) is 0 Å². The molecular formula is C31H31NO3. The summed E-state index contributed by atoms with van der Waals surface area (Å²) in [5, 5.41) is 8.97. The minimum absolute atomic E-state index is 0.0357. The van der Waals surface area contributed by atoms with Gasteiger partial charge in [0.15, 0.2) is 5.78 Å². The molecule has 0 aliphatic heterocycles. The molecule has 2 aromatic heterocycles. The SMILES string of the molecule is CC(C)Cc1ccc(/C=C\c2cccc(C(=O)c3cc(CCCC(=O)O)n4ccccc34)c2)cc1. The summed E-state index contributed by atoms with van der Waals surface area (Å²) in [6, 6.07) is 23.9. The number of aliphatic carboxylic acids is 1. The van der Waals surface area contributed by atoms with Crippen molar-refractivity contribution in [3.05, 3.63) is 113 Å². The van der Waals surface area contributed by atoms with Crippen LogP contribution in [0.1, 0.15) is 65.0 Å². The molecule has 4 nitrogen and oxygen atoms in total. The molecule has 0 radical (unpaired) electrons. The van der Waals surface area contributed by atoms with Crippen LogP contribution in [-0.2, 0) is 17.6 Å². The number of carboxylic acids is 1. The largest absolute Gasteiger partial charge is 0.481 e. The number of nitrogens with zero attached hydrogens (tertiary/aromatic N) is 1. The summed E-state index contributed by atoms with van der Waals surface area (Å²) < 4.78 is 1.99. The van der Waals surface area contributed by atoms with E-state index >= 15 is 0 Å². The number of carboxylic acid groups (broad SMARTS) is 1. The molecule has 4 aromatic rings. The van der Waals surface area contributed by atoms with Crippen LogP contribution in [0.5, 0.6) is 0 Å². The van der Waals surface area contributed by atoms with Crippen LogP contribution < -0.4 is 0 Å². The van der Waals surface area contributed by atoms with Crippen molar-refractivity contribution >= 4 is 29.4 Å². The van der Waals surface area contributed by atoms with Gasteiger partial charge in [-0.2, -0.15) is 0 Å². The van der Waals surface area contributed by atoms with Gasteiger partial charge in [-0.3, -0.25) is 9.59 Å². The first-order chi connectivity index (χ1) is 16.9. The highest BCUT2D eigenvalue weighted by molar-refractivity contribution is 6.13. The lowest BCUT2D eigenvalue weighted by Crippen LogP contribution is -2.01. The van der Waals surface area contributed by atoms with Crippen LogP contribution in [0.25, 0.3) is 17.7 Å². The van der Waals surface area contributed by atoms with Gasteiger partial charge in [0, 0.05) is 29.4 Å². The summed E-state index contributed by atoms with van der Waals surface area (Å²) in [5.74, 6) is -0.208. The Morgan fingerprint density at radius 1 is 0.914 bits per heavy atom. The van der Waals surface area contributed by atoms with E-state index in [1.54, 1.807) is 0 Å². The summed E-state index contributed by atoms with van der Waals surface area (Å²) in [7, 11) is 0. The second kappa shape index (κ2) is 11.0. The van der Waals surface area contributed by atoms with Crippen molar-refractivity contribution in [1.82, 2.24) is 4.40 Å². The molecule has 0 fully saturated rings. The summed E-state index contributed by atoms with van der Waals surface area (Å²) in [4.78, 5) is 24.4. The number of aryl methyl sites for hydroxylation is 1. The highest BCUT2D eigenvalue weighted by Gasteiger charge is 2.17. The number of rotatable bonds is 10. The predicted octanol–water partition coefficient (Wildman–Crippen LogP) is 6.95. The van der Waals surface area contributed by atoms with Gasteiger partial charge in [-0.25, -0.2) is 0 Å². The minimum Gasteiger partial charge on any atom is -0.481 e. The van der Waals surface area contributed by atoms with E-state index in [9.17, 15) is 9.59 Å². The van der Waals surface area contributed by atoms with Crippen molar-refractivity contribution in [1.29, 1.82) is 0 Å². The van der Waals surface area contributed by atoms with Crippen molar-refractivity contribution in [2.45, 2.75) is 39.5 Å². The average Bonchev–Trinajstić information content (AvgIpc) is 3.21. The Morgan fingerprint density at radius 2 is 1.69 bits per heavy atom. The number of ketones is 1. The molecule has 0 aliphatic carbocycles. The maximum Gasteiger partial charge on any atom is 0.303 e. The lowest BCUT2D eigenvalue weighted by atomic mass is 10.00. The first-order valence-corrected chi connectivity index (χ1v) is 12.1. The number of hydrogen-bond acceptors (Lipinski definition) is 2. The molecule has 0 aliphatic rings. The fourth-order valence-corrected chi connectivity index (χ4v) is 4.39. The maximum absolute atomic E-state index is 13.5. The van der Waals surface area contributed by atoms with Crippen LogP contribution >= 0.6 is 0 Å². The predicted molar refractivity (Wildman–Crippen MR) is 142 cm³/mol. The summed E-state index contributed by atoms with van der Waals surface area (Å²) >= 11 is 0. The Morgan fingerprint density at radius 3 is 2.43 bits per heavy atom. The zero-order chi connectivity index (χ0) is 24.8. The summed E-state index contributed by atoms with van der Waals surface area (Å²) in [5.41, 5.74) is 6.48. The van der Waals surface area contributed by atoms with E-state index in [2.05, 4.69) is 44.2 Å². The van der Waals surface area contributed by atoms with Crippen LogP contribution in [0.15, 0.2) is 79.0 Å². The van der Waals surface area contributed by atoms with Crippen LogP contribution in [-0.4, -0.2) is 21.3 Å². The third-order valence-electron chi connectivity index (χ3n) is 6.07. The number of benzene rings is 2. The monoisotopic (exact) mass is 465 g/mol. The average molecular weight is 466 g/mol. The van der Waals surface area contributed by atoms with Crippen molar-refractivity contribution < 1.29 is 14.7 Å². The Labute approximate surface area is 206 Å². The highest BCUT2D eigenvalue weighted by Crippen LogP contribution is 2.23. The van der Waals surface area contributed by atoms with E-state index in [0.717, 1.165) is 28.8 Å². The van der Waals surface area contributed by atoms with Crippen LogP contribution in [0.4, 0.5) is 0 Å². The van der Waals surface area contributed by atoms with Crippen LogP contribution in [0.3, 0.4) is 0 Å². The van der Waals surface area contributed by atoms with E-state index in [1.807, 2.05) is 65.2 Å². The minimum atomic E-state index is -0.807. The zero-order valence-electron chi connectivity index (χ0n) is 20.3. The van der Waals surface area contributed by atoms with Crippen molar-refractivity contribution in [3.63, 3.8) is 0 Å². The first kappa shape index (κ1) is 24.2. The molecule has 4 rings (SSSR count). The van der Waals surface area contributed by atoms with Crippen molar-refractivity contribution in [2.75, 3.05) is 0 Å². The molecule has 0 saturated carbocycles. The van der Waals surface area contributed by atoms with Gasteiger partial charge < -0.3 is 9.51 Å². The molecule has 0 unspecified atom stereocenters. The van der Waals surface area contributed by atoms with Gasteiger partial charge in [-0.05, 0) is 66.1 Å². The van der Waals surface area contributed by atoms with E-state index in [4.69, 9.17) is 5.11 Å². The fourth-order valence-electron chi connectivity index (χ4n) is 4.39. The van der Waals surface area contributed by atoms with Gasteiger partial charge in [-0.15, -0.1) is 0 Å². The van der Waals surface area contributed by atoms with Gasteiger partial charge >= 0.3 is 5.97 Å². The normalized spacial score (nSPS) is 11.5. The van der Waals surface area contributed by atoms with Gasteiger partial charge in [0.05, 0.1) is 5.52 Å². The highest BCUT2D eigenvalue weighted by atomic mass is 16.4. The smallest absolute Gasteiger partial charge is 0.303 e. The molecule has 0 spiro atoms. The topological polar surface area (TPSA) is 58.8 Å². The fraction of sp³-hybridized carbons (Fsp3) is 0.226. The lowest BCUT2D eigenvalue weighted by Gasteiger charge is -2.05. The van der Waals surface area contributed by atoms with Gasteiger partial charge in [0.1, 0.15) is 0 Å². The molecule has 0 atom stereocenters. The Hall–Kier alpha value is -3.92. The van der Waals surface area contributed by atoms with Crippen molar-refractivity contribution in [2.24, 2.45) is 5.92 Å². The zero-order valence-corrected chi connectivity index (χ0v) is 20.3. The molecule has 35 heavy (non-hydrogen) atoms. The molecular weight excluding hydrogens is 434 g/mol. The molecule has 0 amide bonds. The Kier molecular flexibility index (Phi) is 7.61. The van der Waals surface area contributed by atoms with Gasteiger partial charge in [0.25, 0.3) is 0 Å². The van der Waals surface area contributed by atoms with E-state index in [1.165, 1.54) is 5.56 Å². The molecule has 4 heteroatoms. The molecule has 2 heterocycles. The third-order valence-corrected chi connectivity index (χ3v) is 6.07. The standard InChI is InChI=1S/C31H31NO3/c1-22(2)19-25-16-13-23(14-17-25)12-15-24-7-5-8-26(20-24)31(35)28-21-27(9-6-11-30(33)34)32-18-4-3-10-29(28)32/h3-5,7-8,10,12-18,20-22H,6,9,11,19H2,1-2H3,(H,33,34)/b15-12-. The number of pyridine rings is 1. The molecule has 1 N–H and O–H groups in total. The first-order valence-electron chi connectivity index (χ1n) is 12.1. The third kappa shape index (κ3) is 6.15. The quantitative estimate of drug-likeness (QED) is 0.204. The molecule has 2 aromatic carbocycles. The van der Waals surface area contributed by atoms with E-state index in [-0.39, 0.29) is 12.2 Å². The van der Waals surface area contributed by atoms with E-state index < -0.39 is 5.97 Å².